The van der Waals surface area contributed by atoms with Crippen molar-refractivity contribution < 1.29 is 23.2 Å². The number of halogens is 1. The molecule has 0 aliphatic heterocycles. The van der Waals surface area contributed by atoms with E-state index < -0.39 is 23.3 Å². The van der Waals surface area contributed by atoms with E-state index in [2.05, 4.69) is 0 Å². The lowest BCUT2D eigenvalue weighted by molar-refractivity contribution is 0.0823. The van der Waals surface area contributed by atoms with Crippen LogP contribution in [0.15, 0.2) is 52.9 Å². The average molecular weight is 363 g/mol. The molecule has 1 aliphatic carbocycles. The molecule has 2 aromatic carbocycles. The minimum absolute atomic E-state index is 0.00876. The number of ketones is 2. The van der Waals surface area contributed by atoms with Gasteiger partial charge in [0.25, 0.3) is 5.91 Å². The topological polar surface area (TPSA) is 67.6 Å². The first-order valence-electron chi connectivity index (χ1n) is 8.23. The van der Waals surface area contributed by atoms with E-state index in [9.17, 15) is 18.8 Å². The highest BCUT2D eigenvalue weighted by atomic mass is 19.1. The van der Waals surface area contributed by atoms with Crippen molar-refractivity contribution in [2.75, 3.05) is 14.1 Å². The van der Waals surface area contributed by atoms with Crippen LogP contribution in [0.1, 0.15) is 42.4 Å². The fourth-order valence-corrected chi connectivity index (χ4v) is 3.18. The maximum absolute atomic E-state index is 13.3. The average Bonchev–Trinajstić information content (AvgIpc) is 3.07. The highest BCUT2D eigenvalue weighted by molar-refractivity contribution is 6.30. The molecule has 134 valence electrons. The molecule has 0 atom stereocenters. The van der Waals surface area contributed by atoms with Crippen LogP contribution in [0.3, 0.4) is 0 Å². The Labute approximate surface area is 154 Å². The van der Waals surface area contributed by atoms with Crippen molar-refractivity contribution in [1.29, 1.82) is 0 Å². The van der Waals surface area contributed by atoms with Gasteiger partial charge in [-0.2, -0.15) is 0 Å². The Kier molecular flexibility index (Phi) is 3.77. The summed E-state index contributed by atoms with van der Waals surface area (Å²) in [5, 5.41) is 0. The molecule has 0 saturated heterocycles. The zero-order chi connectivity index (χ0) is 19.3. The molecule has 4 rings (SSSR count). The van der Waals surface area contributed by atoms with Gasteiger partial charge in [-0.25, -0.2) is 4.39 Å². The standard InChI is InChI=1S/C21H14FNO4/c1-23(2)21(26)16-15-17(24)13-5-3-4-6-14(13)18(25)20(15)27-19(16)11-7-9-12(22)10-8-11/h3-10H,1-2H3. The van der Waals surface area contributed by atoms with Gasteiger partial charge in [0.15, 0.2) is 11.5 Å². The molecule has 1 heterocycles. The summed E-state index contributed by atoms with van der Waals surface area (Å²) in [6, 6.07) is 11.7. The number of amides is 1. The highest BCUT2D eigenvalue weighted by Crippen LogP contribution is 2.38. The Balaban J connectivity index is 2.03. The second-order valence-electron chi connectivity index (χ2n) is 6.42. The molecule has 3 aromatic rings. The Morgan fingerprint density at radius 1 is 0.889 bits per heavy atom. The number of benzene rings is 2. The molecule has 1 aromatic heterocycles. The van der Waals surface area contributed by atoms with Gasteiger partial charge in [0, 0.05) is 30.8 Å². The molecular weight excluding hydrogens is 349 g/mol. The molecule has 0 fully saturated rings. The molecule has 0 radical (unpaired) electrons. The van der Waals surface area contributed by atoms with Crippen molar-refractivity contribution in [2.24, 2.45) is 0 Å². The predicted molar refractivity (Wildman–Crippen MR) is 95.4 cm³/mol. The lowest BCUT2D eigenvalue weighted by Crippen LogP contribution is -2.26. The van der Waals surface area contributed by atoms with Crippen LogP contribution in [0.25, 0.3) is 11.3 Å². The summed E-state index contributed by atoms with van der Waals surface area (Å²) in [7, 11) is 3.08. The van der Waals surface area contributed by atoms with Crippen LogP contribution in [0.2, 0.25) is 0 Å². The van der Waals surface area contributed by atoms with Crippen LogP contribution in [0.4, 0.5) is 4.39 Å². The third-order valence-corrected chi connectivity index (χ3v) is 4.48. The first-order chi connectivity index (χ1) is 12.9. The fraction of sp³-hybridized carbons (Fsp3) is 0.0952. The molecular formula is C21H14FNO4. The number of hydrogen-bond donors (Lipinski definition) is 0. The Morgan fingerprint density at radius 2 is 1.48 bits per heavy atom. The third-order valence-electron chi connectivity index (χ3n) is 4.48. The number of furan rings is 1. The largest absolute Gasteiger partial charge is 0.451 e. The van der Waals surface area contributed by atoms with Crippen LogP contribution >= 0.6 is 0 Å². The first kappa shape index (κ1) is 16.9. The van der Waals surface area contributed by atoms with E-state index >= 15 is 0 Å². The molecule has 0 bridgehead atoms. The highest BCUT2D eigenvalue weighted by Gasteiger charge is 2.39. The number of carbonyl (C=O) groups excluding carboxylic acids is 3. The molecule has 1 aliphatic rings. The first-order valence-corrected chi connectivity index (χ1v) is 8.23. The predicted octanol–water partition coefficient (Wildman–Crippen LogP) is 3.56. The number of fused-ring (bicyclic) bond motifs is 2. The Morgan fingerprint density at radius 3 is 2.07 bits per heavy atom. The molecule has 0 saturated carbocycles. The van der Waals surface area contributed by atoms with Gasteiger partial charge in [-0.05, 0) is 24.3 Å². The van der Waals surface area contributed by atoms with Gasteiger partial charge in [-0.3, -0.25) is 14.4 Å². The van der Waals surface area contributed by atoms with Crippen LogP contribution in [-0.2, 0) is 0 Å². The minimum Gasteiger partial charge on any atom is -0.451 e. The van der Waals surface area contributed by atoms with E-state index in [-0.39, 0.29) is 33.8 Å². The van der Waals surface area contributed by atoms with Crippen molar-refractivity contribution in [3.05, 3.63) is 82.4 Å². The van der Waals surface area contributed by atoms with E-state index in [1.165, 1.54) is 29.2 Å². The normalized spacial score (nSPS) is 12.6. The zero-order valence-electron chi connectivity index (χ0n) is 14.6. The van der Waals surface area contributed by atoms with Crippen molar-refractivity contribution in [1.82, 2.24) is 4.90 Å². The van der Waals surface area contributed by atoms with Crippen LogP contribution < -0.4 is 0 Å². The van der Waals surface area contributed by atoms with Crippen molar-refractivity contribution in [3.8, 4) is 11.3 Å². The van der Waals surface area contributed by atoms with Gasteiger partial charge in [-0.1, -0.05) is 24.3 Å². The van der Waals surface area contributed by atoms with E-state index in [0.717, 1.165) is 0 Å². The van der Waals surface area contributed by atoms with E-state index in [1.54, 1.807) is 38.4 Å². The van der Waals surface area contributed by atoms with Gasteiger partial charge >= 0.3 is 0 Å². The third kappa shape index (κ3) is 2.49. The van der Waals surface area contributed by atoms with Gasteiger partial charge in [0.2, 0.25) is 5.78 Å². The number of nitrogens with zero attached hydrogens (tertiary/aromatic N) is 1. The van der Waals surface area contributed by atoms with Gasteiger partial charge in [0.1, 0.15) is 11.6 Å². The van der Waals surface area contributed by atoms with Gasteiger partial charge in [-0.15, -0.1) is 0 Å². The quantitative estimate of drug-likeness (QED) is 0.546. The SMILES string of the molecule is CN(C)C(=O)c1c(-c2ccc(F)cc2)oc2c1C(=O)c1ccccc1C2=O. The maximum Gasteiger partial charge on any atom is 0.258 e. The second kappa shape index (κ2) is 6.02. The molecule has 1 amide bonds. The summed E-state index contributed by atoms with van der Waals surface area (Å²) >= 11 is 0. The Bertz CT molecular complexity index is 1110. The molecule has 27 heavy (non-hydrogen) atoms. The van der Waals surface area contributed by atoms with E-state index in [0.29, 0.717) is 5.56 Å². The van der Waals surface area contributed by atoms with Gasteiger partial charge < -0.3 is 9.32 Å². The summed E-state index contributed by atoms with van der Waals surface area (Å²) in [5.74, 6) is -1.91. The molecule has 0 N–H and O–H groups in total. The van der Waals surface area contributed by atoms with Gasteiger partial charge in [0.05, 0.1) is 11.1 Å². The summed E-state index contributed by atoms with van der Waals surface area (Å²) < 4.78 is 19.0. The number of carbonyl (C=O) groups is 3. The minimum atomic E-state index is -0.472. The molecule has 0 unspecified atom stereocenters. The van der Waals surface area contributed by atoms with Crippen LogP contribution in [0.5, 0.6) is 0 Å². The van der Waals surface area contributed by atoms with Crippen LogP contribution in [-0.4, -0.2) is 36.5 Å². The summed E-state index contributed by atoms with van der Waals surface area (Å²) in [5.41, 5.74) is 0.833. The Hall–Kier alpha value is -3.54. The van der Waals surface area contributed by atoms with E-state index in [1.807, 2.05) is 0 Å². The second-order valence-corrected chi connectivity index (χ2v) is 6.42. The summed E-state index contributed by atoms with van der Waals surface area (Å²) in [4.78, 5) is 40.1. The van der Waals surface area contributed by atoms with Crippen molar-refractivity contribution in [2.45, 2.75) is 0 Å². The number of hydrogen-bond acceptors (Lipinski definition) is 4. The summed E-state index contributed by atoms with van der Waals surface area (Å²) in [6.07, 6.45) is 0. The van der Waals surface area contributed by atoms with Crippen molar-refractivity contribution in [3.63, 3.8) is 0 Å². The lowest BCUT2D eigenvalue weighted by atomic mass is 9.86. The monoisotopic (exact) mass is 363 g/mol. The molecule has 0 spiro atoms. The molecule has 6 heteroatoms. The maximum atomic E-state index is 13.3. The number of rotatable bonds is 2. The van der Waals surface area contributed by atoms with Crippen molar-refractivity contribution >= 4 is 17.5 Å². The smallest absolute Gasteiger partial charge is 0.258 e. The lowest BCUT2D eigenvalue weighted by Gasteiger charge is -2.15. The fourth-order valence-electron chi connectivity index (χ4n) is 3.18. The summed E-state index contributed by atoms with van der Waals surface area (Å²) in [6.45, 7) is 0. The molecule has 5 nitrogen and oxygen atoms in total. The zero-order valence-corrected chi connectivity index (χ0v) is 14.6. The van der Waals surface area contributed by atoms with Crippen LogP contribution in [0, 0.1) is 5.82 Å². The van der Waals surface area contributed by atoms with E-state index in [4.69, 9.17) is 4.42 Å².